The summed E-state index contributed by atoms with van der Waals surface area (Å²) in [4.78, 5) is 10.7. The van der Waals surface area contributed by atoms with E-state index in [2.05, 4.69) is 33.4 Å². The first kappa shape index (κ1) is 10.4. The molecular weight excluding hydrogens is 140 g/mol. The van der Waals surface area contributed by atoms with Crippen molar-refractivity contribution < 1.29 is 9.28 Å². The molecule has 0 heterocycles. The van der Waals surface area contributed by atoms with Gasteiger partial charge in [-0.05, 0) is 0 Å². The van der Waals surface area contributed by atoms with E-state index < -0.39 is 0 Å². The number of hydrogen-bond donors (Lipinski definition) is 1. The van der Waals surface area contributed by atoms with E-state index in [1.54, 1.807) is 6.92 Å². The van der Waals surface area contributed by atoms with E-state index in [9.17, 15) is 4.79 Å². The molecule has 0 aliphatic rings. The first-order chi connectivity index (χ1) is 4.88. The molecule has 1 N–H and O–H groups in total. The van der Waals surface area contributed by atoms with Crippen molar-refractivity contribution in [2.75, 3.05) is 21.1 Å². The number of quaternary nitrogens is 1. The van der Waals surface area contributed by atoms with E-state index in [0.717, 1.165) is 10.9 Å². The number of carbonyl (C=O) groups is 1. The van der Waals surface area contributed by atoms with Gasteiger partial charge in [-0.15, -0.1) is 0 Å². The second-order valence-corrected chi connectivity index (χ2v) is 3.74. The van der Waals surface area contributed by atoms with Crippen LogP contribution in [0.1, 0.15) is 20.3 Å². The van der Waals surface area contributed by atoms with Crippen LogP contribution in [0.25, 0.3) is 0 Å². The molecule has 0 aromatic rings. The molecule has 0 aromatic carbocycles. The molecule has 66 valence electrons. The minimum Gasteiger partial charge on any atom is -0.311 e. The van der Waals surface area contributed by atoms with Gasteiger partial charge < -0.3 is 9.80 Å². The summed E-state index contributed by atoms with van der Waals surface area (Å²) in [6.45, 7) is 3.63. The number of nitrogens with one attached hydrogen (secondary N) is 1. The van der Waals surface area contributed by atoms with Crippen LogP contribution < -0.4 is 5.32 Å². The molecule has 0 aliphatic heterocycles. The van der Waals surface area contributed by atoms with Crippen LogP contribution in [0, 0.1) is 0 Å². The van der Waals surface area contributed by atoms with Gasteiger partial charge in [-0.2, -0.15) is 0 Å². The Balaban J connectivity index is 4.07. The van der Waals surface area contributed by atoms with Crippen LogP contribution in [-0.2, 0) is 4.79 Å². The minimum absolute atomic E-state index is 0.0462. The lowest BCUT2D eigenvalue weighted by atomic mass is 10.3. The van der Waals surface area contributed by atoms with Crippen molar-refractivity contribution in [3.05, 3.63) is 0 Å². The molecule has 0 aliphatic carbocycles. The Labute approximate surface area is 69.0 Å². The molecule has 0 aromatic heterocycles. The summed E-state index contributed by atoms with van der Waals surface area (Å²) in [6.07, 6.45) is 1.19. The SMILES string of the molecule is CCC(NC(C)=O)[N+](C)(C)C. The highest BCUT2D eigenvalue weighted by Gasteiger charge is 2.21. The van der Waals surface area contributed by atoms with Crippen LogP contribution in [0.15, 0.2) is 0 Å². The molecule has 0 radical (unpaired) electrons. The van der Waals surface area contributed by atoms with E-state index in [-0.39, 0.29) is 12.1 Å². The van der Waals surface area contributed by atoms with Crippen LogP contribution in [0.5, 0.6) is 0 Å². The molecule has 0 saturated carbocycles. The summed E-state index contributed by atoms with van der Waals surface area (Å²) in [5.41, 5.74) is 0. The predicted molar refractivity (Wildman–Crippen MR) is 45.9 cm³/mol. The van der Waals surface area contributed by atoms with E-state index in [0.29, 0.717) is 0 Å². The summed E-state index contributed by atoms with van der Waals surface area (Å²) in [5, 5.41) is 2.90. The molecule has 0 saturated heterocycles. The van der Waals surface area contributed by atoms with Crippen molar-refractivity contribution in [3.63, 3.8) is 0 Å². The van der Waals surface area contributed by atoms with Gasteiger partial charge in [-0.25, -0.2) is 0 Å². The van der Waals surface area contributed by atoms with Crippen molar-refractivity contribution in [2.45, 2.75) is 26.4 Å². The predicted octanol–water partition coefficient (Wildman–Crippen LogP) is 0.565. The Kier molecular flexibility index (Phi) is 3.52. The molecule has 0 spiro atoms. The van der Waals surface area contributed by atoms with E-state index >= 15 is 0 Å². The van der Waals surface area contributed by atoms with Gasteiger partial charge in [0, 0.05) is 13.3 Å². The first-order valence-corrected chi connectivity index (χ1v) is 3.96. The zero-order chi connectivity index (χ0) is 9.07. The van der Waals surface area contributed by atoms with Crippen LogP contribution in [0.2, 0.25) is 0 Å². The van der Waals surface area contributed by atoms with Crippen molar-refractivity contribution in [1.82, 2.24) is 5.32 Å². The quantitative estimate of drug-likeness (QED) is 0.473. The lowest BCUT2D eigenvalue weighted by molar-refractivity contribution is -0.898. The second kappa shape index (κ2) is 3.72. The molecule has 1 unspecified atom stereocenters. The number of amides is 1. The fourth-order valence-electron chi connectivity index (χ4n) is 1.08. The van der Waals surface area contributed by atoms with Crippen molar-refractivity contribution in [2.24, 2.45) is 0 Å². The maximum atomic E-state index is 10.7. The highest BCUT2D eigenvalue weighted by Crippen LogP contribution is 2.02. The van der Waals surface area contributed by atoms with Crippen LogP contribution in [-0.4, -0.2) is 37.7 Å². The van der Waals surface area contributed by atoms with Gasteiger partial charge in [0.1, 0.15) is 0 Å². The monoisotopic (exact) mass is 159 g/mol. The zero-order valence-electron chi connectivity index (χ0n) is 8.14. The van der Waals surface area contributed by atoms with Crippen LogP contribution in [0.4, 0.5) is 0 Å². The highest BCUT2D eigenvalue weighted by atomic mass is 16.1. The molecule has 3 nitrogen and oxygen atoms in total. The first-order valence-electron chi connectivity index (χ1n) is 3.96. The normalized spacial score (nSPS) is 14.3. The Morgan fingerprint density at radius 1 is 1.45 bits per heavy atom. The van der Waals surface area contributed by atoms with Gasteiger partial charge in [0.25, 0.3) is 0 Å². The maximum Gasteiger partial charge on any atom is 0.221 e. The van der Waals surface area contributed by atoms with Crippen LogP contribution in [0.3, 0.4) is 0 Å². The lowest BCUT2D eigenvalue weighted by Gasteiger charge is -2.33. The molecule has 0 bridgehead atoms. The Morgan fingerprint density at radius 2 is 1.91 bits per heavy atom. The van der Waals surface area contributed by atoms with E-state index in [4.69, 9.17) is 0 Å². The van der Waals surface area contributed by atoms with Gasteiger partial charge in [-0.3, -0.25) is 4.79 Å². The molecule has 0 rings (SSSR count). The summed E-state index contributed by atoms with van der Waals surface area (Å²) in [5.74, 6) is 0.0462. The Bertz CT molecular complexity index is 138. The van der Waals surface area contributed by atoms with Gasteiger partial charge >= 0.3 is 0 Å². The smallest absolute Gasteiger partial charge is 0.221 e. The van der Waals surface area contributed by atoms with Gasteiger partial charge in [0.05, 0.1) is 21.1 Å². The molecule has 3 heteroatoms. The third-order valence-electron chi connectivity index (χ3n) is 1.69. The van der Waals surface area contributed by atoms with E-state index in [1.807, 2.05) is 0 Å². The largest absolute Gasteiger partial charge is 0.311 e. The fraction of sp³-hybridized carbons (Fsp3) is 0.875. The van der Waals surface area contributed by atoms with Crippen molar-refractivity contribution >= 4 is 5.91 Å². The number of nitrogens with zero attached hydrogens (tertiary/aromatic N) is 1. The summed E-state index contributed by atoms with van der Waals surface area (Å²) in [6, 6.07) is 0. The molecule has 11 heavy (non-hydrogen) atoms. The van der Waals surface area contributed by atoms with Crippen molar-refractivity contribution in [3.8, 4) is 0 Å². The standard InChI is InChI=1S/C8H18N2O/c1-6-8(9-7(2)11)10(3,4)5/h8H,6H2,1-5H3/p+1. The van der Waals surface area contributed by atoms with Gasteiger partial charge in [0.2, 0.25) is 5.91 Å². The Hall–Kier alpha value is -0.570. The molecule has 1 amide bonds. The lowest BCUT2D eigenvalue weighted by Crippen LogP contribution is -2.54. The number of hydrogen-bond acceptors (Lipinski definition) is 1. The van der Waals surface area contributed by atoms with Crippen LogP contribution >= 0.6 is 0 Å². The Morgan fingerprint density at radius 3 is 2.00 bits per heavy atom. The second-order valence-electron chi connectivity index (χ2n) is 3.74. The maximum absolute atomic E-state index is 10.7. The van der Waals surface area contributed by atoms with E-state index in [1.165, 1.54) is 0 Å². The summed E-state index contributed by atoms with van der Waals surface area (Å²) in [7, 11) is 6.22. The van der Waals surface area contributed by atoms with Gasteiger partial charge in [0.15, 0.2) is 6.17 Å². The molecule has 1 atom stereocenters. The average molecular weight is 159 g/mol. The topological polar surface area (TPSA) is 29.1 Å². The number of rotatable bonds is 3. The highest BCUT2D eigenvalue weighted by molar-refractivity contribution is 5.72. The third-order valence-corrected chi connectivity index (χ3v) is 1.69. The summed E-state index contributed by atoms with van der Waals surface area (Å²) < 4.78 is 0.774. The molecule has 0 fully saturated rings. The molecular formula is C8H19N2O+. The van der Waals surface area contributed by atoms with Gasteiger partial charge in [-0.1, -0.05) is 6.92 Å². The fourth-order valence-corrected chi connectivity index (χ4v) is 1.08. The zero-order valence-corrected chi connectivity index (χ0v) is 8.14. The minimum atomic E-state index is 0.0462. The summed E-state index contributed by atoms with van der Waals surface area (Å²) >= 11 is 0. The third kappa shape index (κ3) is 3.98. The van der Waals surface area contributed by atoms with Crippen molar-refractivity contribution in [1.29, 1.82) is 0 Å². The average Bonchev–Trinajstić information content (AvgIpc) is 1.79. The number of carbonyl (C=O) groups excluding carboxylic acids is 1.